The maximum absolute atomic E-state index is 11.1. The zero-order valence-electron chi connectivity index (χ0n) is 12.3. The van der Waals surface area contributed by atoms with Crippen LogP contribution in [0.2, 0.25) is 0 Å². The molecule has 0 heterocycles. The fraction of sp³-hybridized carbons (Fsp3) is 0.235. The molecular formula is C17H21N3O. The number of carbonyl (C=O) groups excluding carboxylic acids is 1. The van der Waals surface area contributed by atoms with Crippen molar-refractivity contribution in [2.45, 2.75) is 19.9 Å². The number of primary amides is 1. The highest BCUT2D eigenvalue weighted by molar-refractivity contribution is 5.92. The van der Waals surface area contributed by atoms with Crippen molar-refractivity contribution in [3.05, 3.63) is 59.7 Å². The first-order valence-electron chi connectivity index (χ1n) is 7.09. The molecule has 0 atom stereocenters. The molecule has 21 heavy (non-hydrogen) atoms. The molecule has 2 aromatic rings. The van der Waals surface area contributed by atoms with Crippen molar-refractivity contribution in [3.8, 4) is 0 Å². The number of rotatable bonds is 6. The third-order valence-electron chi connectivity index (χ3n) is 3.34. The van der Waals surface area contributed by atoms with Gasteiger partial charge in [0, 0.05) is 30.0 Å². The molecule has 2 rings (SSSR count). The van der Waals surface area contributed by atoms with Crippen LogP contribution in [-0.2, 0) is 6.54 Å². The van der Waals surface area contributed by atoms with Crippen LogP contribution in [-0.4, -0.2) is 12.5 Å². The molecule has 0 saturated carbocycles. The Morgan fingerprint density at radius 3 is 2.43 bits per heavy atom. The van der Waals surface area contributed by atoms with Crippen LogP contribution in [0.4, 0.5) is 11.4 Å². The summed E-state index contributed by atoms with van der Waals surface area (Å²) in [6.07, 6.45) is 1.05. The van der Waals surface area contributed by atoms with Crippen molar-refractivity contribution in [1.29, 1.82) is 0 Å². The number of benzene rings is 2. The summed E-state index contributed by atoms with van der Waals surface area (Å²) < 4.78 is 0. The maximum Gasteiger partial charge on any atom is 0.248 e. The molecule has 1 amide bonds. The maximum atomic E-state index is 11.1. The minimum absolute atomic E-state index is 0.400. The quantitative estimate of drug-likeness (QED) is 0.801. The van der Waals surface area contributed by atoms with Gasteiger partial charge in [0.25, 0.3) is 0 Å². The van der Waals surface area contributed by atoms with Crippen molar-refractivity contribution in [2.24, 2.45) is 5.73 Å². The van der Waals surface area contributed by atoms with Crippen LogP contribution >= 0.6 is 0 Å². The lowest BCUT2D eigenvalue weighted by atomic mass is 10.1. The molecule has 0 unspecified atom stereocenters. The second kappa shape index (κ2) is 6.79. The van der Waals surface area contributed by atoms with E-state index in [0.717, 1.165) is 36.4 Å². The van der Waals surface area contributed by atoms with Crippen LogP contribution < -0.4 is 16.4 Å². The largest absolute Gasteiger partial charge is 0.399 e. The lowest BCUT2D eigenvalue weighted by Crippen LogP contribution is -2.23. The van der Waals surface area contributed by atoms with E-state index in [4.69, 9.17) is 11.5 Å². The average molecular weight is 283 g/mol. The normalized spacial score (nSPS) is 10.3. The van der Waals surface area contributed by atoms with E-state index >= 15 is 0 Å². The molecule has 0 fully saturated rings. The SMILES string of the molecule is CCCN(Cc1ccc(C(N)=O)cc1)c1cccc(N)c1. The van der Waals surface area contributed by atoms with Gasteiger partial charge in [0.1, 0.15) is 0 Å². The van der Waals surface area contributed by atoms with Gasteiger partial charge in [0.15, 0.2) is 0 Å². The summed E-state index contributed by atoms with van der Waals surface area (Å²) in [5.41, 5.74) is 14.7. The summed E-state index contributed by atoms with van der Waals surface area (Å²) in [7, 11) is 0. The highest BCUT2D eigenvalue weighted by Crippen LogP contribution is 2.20. The Kier molecular flexibility index (Phi) is 4.82. The van der Waals surface area contributed by atoms with Crippen molar-refractivity contribution >= 4 is 17.3 Å². The predicted molar refractivity (Wildman–Crippen MR) is 87.2 cm³/mol. The zero-order chi connectivity index (χ0) is 15.2. The van der Waals surface area contributed by atoms with E-state index in [2.05, 4.69) is 17.9 Å². The molecule has 0 spiro atoms. The molecule has 4 heteroatoms. The molecule has 0 bridgehead atoms. The molecule has 0 aliphatic rings. The van der Waals surface area contributed by atoms with Gasteiger partial charge in [-0.15, -0.1) is 0 Å². The smallest absolute Gasteiger partial charge is 0.248 e. The van der Waals surface area contributed by atoms with Gasteiger partial charge >= 0.3 is 0 Å². The zero-order valence-corrected chi connectivity index (χ0v) is 12.3. The second-order valence-electron chi connectivity index (χ2n) is 5.08. The molecule has 0 radical (unpaired) electrons. The van der Waals surface area contributed by atoms with Crippen LogP contribution in [0.3, 0.4) is 0 Å². The third-order valence-corrected chi connectivity index (χ3v) is 3.34. The van der Waals surface area contributed by atoms with E-state index in [1.807, 2.05) is 30.3 Å². The standard InChI is InChI=1S/C17H21N3O/c1-2-10-20(16-5-3-4-15(18)11-16)12-13-6-8-14(9-7-13)17(19)21/h3-9,11H,2,10,12,18H2,1H3,(H2,19,21). The van der Waals surface area contributed by atoms with Crippen molar-refractivity contribution in [3.63, 3.8) is 0 Å². The van der Waals surface area contributed by atoms with Gasteiger partial charge in [-0.05, 0) is 42.3 Å². The number of hydrogen-bond acceptors (Lipinski definition) is 3. The predicted octanol–water partition coefficient (Wildman–Crippen LogP) is 2.78. The lowest BCUT2D eigenvalue weighted by Gasteiger charge is -2.25. The minimum Gasteiger partial charge on any atom is -0.399 e. The Morgan fingerprint density at radius 1 is 1.14 bits per heavy atom. The monoisotopic (exact) mass is 283 g/mol. The van der Waals surface area contributed by atoms with Gasteiger partial charge in [0.05, 0.1) is 0 Å². The van der Waals surface area contributed by atoms with Gasteiger partial charge in [-0.2, -0.15) is 0 Å². The first kappa shape index (κ1) is 14.9. The fourth-order valence-corrected chi connectivity index (χ4v) is 2.29. The Balaban J connectivity index is 2.17. The molecule has 0 saturated heterocycles. The van der Waals surface area contributed by atoms with Crippen molar-refractivity contribution in [1.82, 2.24) is 0 Å². The van der Waals surface area contributed by atoms with Crippen LogP contribution in [0.1, 0.15) is 29.3 Å². The first-order chi connectivity index (χ1) is 10.1. The minimum atomic E-state index is -0.400. The average Bonchev–Trinajstić information content (AvgIpc) is 2.47. The highest BCUT2D eigenvalue weighted by atomic mass is 16.1. The van der Waals surface area contributed by atoms with E-state index in [9.17, 15) is 4.79 Å². The molecule has 110 valence electrons. The third kappa shape index (κ3) is 3.99. The number of nitrogens with two attached hydrogens (primary N) is 2. The number of amides is 1. The summed E-state index contributed by atoms with van der Waals surface area (Å²) in [5.74, 6) is -0.400. The molecule has 0 aliphatic heterocycles. The first-order valence-corrected chi connectivity index (χ1v) is 7.09. The van der Waals surface area contributed by atoms with Gasteiger partial charge < -0.3 is 16.4 Å². The molecular weight excluding hydrogens is 262 g/mol. The summed E-state index contributed by atoms with van der Waals surface area (Å²) in [5, 5.41) is 0. The van der Waals surface area contributed by atoms with Gasteiger partial charge in [-0.25, -0.2) is 0 Å². The highest BCUT2D eigenvalue weighted by Gasteiger charge is 2.08. The van der Waals surface area contributed by atoms with Crippen LogP contribution in [0.25, 0.3) is 0 Å². The number of hydrogen-bond donors (Lipinski definition) is 2. The van der Waals surface area contributed by atoms with E-state index in [-0.39, 0.29) is 0 Å². The topological polar surface area (TPSA) is 72.3 Å². The molecule has 2 aromatic carbocycles. The number of nitrogen functional groups attached to an aromatic ring is 1. The second-order valence-corrected chi connectivity index (χ2v) is 5.08. The molecule has 0 aliphatic carbocycles. The summed E-state index contributed by atoms with van der Waals surface area (Å²) >= 11 is 0. The van der Waals surface area contributed by atoms with E-state index in [0.29, 0.717) is 5.56 Å². The van der Waals surface area contributed by atoms with Gasteiger partial charge in [-0.1, -0.05) is 25.1 Å². The van der Waals surface area contributed by atoms with Crippen LogP contribution in [0.15, 0.2) is 48.5 Å². The summed E-state index contributed by atoms with van der Waals surface area (Å²) in [6, 6.07) is 15.3. The van der Waals surface area contributed by atoms with Crippen molar-refractivity contribution < 1.29 is 4.79 Å². The summed E-state index contributed by atoms with van der Waals surface area (Å²) in [6.45, 7) is 3.87. The van der Waals surface area contributed by atoms with E-state index < -0.39 is 5.91 Å². The molecule has 0 aromatic heterocycles. The fourth-order valence-electron chi connectivity index (χ4n) is 2.29. The van der Waals surface area contributed by atoms with Crippen LogP contribution in [0, 0.1) is 0 Å². The van der Waals surface area contributed by atoms with Gasteiger partial charge in [0.2, 0.25) is 5.91 Å². The molecule has 4 nitrogen and oxygen atoms in total. The Hall–Kier alpha value is -2.49. The summed E-state index contributed by atoms with van der Waals surface area (Å²) in [4.78, 5) is 13.4. The number of carbonyl (C=O) groups is 1. The molecule has 4 N–H and O–H groups in total. The van der Waals surface area contributed by atoms with E-state index in [1.165, 1.54) is 0 Å². The Labute approximate surface area is 125 Å². The van der Waals surface area contributed by atoms with Crippen molar-refractivity contribution in [2.75, 3.05) is 17.2 Å². The number of nitrogens with zero attached hydrogens (tertiary/aromatic N) is 1. The Bertz CT molecular complexity index is 608. The number of anilines is 2. The lowest BCUT2D eigenvalue weighted by molar-refractivity contribution is 0.100. The van der Waals surface area contributed by atoms with E-state index in [1.54, 1.807) is 12.1 Å². The Morgan fingerprint density at radius 2 is 1.86 bits per heavy atom. The van der Waals surface area contributed by atoms with Crippen LogP contribution in [0.5, 0.6) is 0 Å². The van der Waals surface area contributed by atoms with Gasteiger partial charge in [-0.3, -0.25) is 4.79 Å².